The predicted octanol–water partition coefficient (Wildman–Crippen LogP) is 0.277. The summed E-state index contributed by atoms with van der Waals surface area (Å²) in [5.41, 5.74) is 5.78. The zero-order chi connectivity index (χ0) is 12.0. The van der Waals surface area contributed by atoms with E-state index in [-0.39, 0.29) is 11.9 Å². The van der Waals surface area contributed by atoms with Crippen LogP contribution in [-0.2, 0) is 4.79 Å². The van der Waals surface area contributed by atoms with Gasteiger partial charge in [0, 0.05) is 12.6 Å². The Morgan fingerprint density at radius 1 is 1.69 bits per heavy atom. The second-order valence-electron chi connectivity index (χ2n) is 4.41. The van der Waals surface area contributed by atoms with Gasteiger partial charge < -0.3 is 16.0 Å². The fraction of sp³-hybridized carbons (Fsp3) is 0.909. The molecule has 1 aliphatic heterocycles. The number of carbonyl (C=O) groups is 1. The van der Waals surface area contributed by atoms with Crippen LogP contribution >= 0.6 is 11.8 Å². The quantitative estimate of drug-likeness (QED) is 0.705. The second kappa shape index (κ2) is 7.14. The van der Waals surface area contributed by atoms with Gasteiger partial charge in [0.25, 0.3) is 0 Å². The highest BCUT2D eigenvalue weighted by Gasteiger charge is 2.22. The molecular weight excluding hydrogens is 222 g/mol. The average Bonchev–Trinajstić information content (AvgIpc) is 2.68. The number of nitrogens with zero attached hydrogens (tertiary/aromatic N) is 1. The van der Waals surface area contributed by atoms with Gasteiger partial charge >= 0.3 is 0 Å². The molecule has 1 fully saturated rings. The average molecular weight is 245 g/mol. The molecule has 0 aromatic rings. The molecule has 0 saturated carbocycles. The molecule has 1 aliphatic rings. The molecular formula is C11H23N3OS. The van der Waals surface area contributed by atoms with E-state index in [0.29, 0.717) is 6.04 Å². The van der Waals surface area contributed by atoms with Crippen LogP contribution in [0, 0.1) is 0 Å². The molecule has 0 spiro atoms. The van der Waals surface area contributed by atoms with Gasteiger partial charge in [0.2, 0.25) is 5.91 Å². The summed E-state index contributed by atoms with van der Waals surface area (Å²) in [5.74, 6) is 0.937. The molecule has 0 aromatic heterocycles. The van der Waals surface area contributed by atoms with E-state index < -0.39 is 0 Å². The molecule has 94 valence electrons. The van der Waals surface area contributed by atoms with Crippen molar-refractivity contribution in [2.45, 2.75) is 31.3 Å². The smallest absolute Gasteiger partial charge is 0.237 e. The highest BCUT2D eigenvalue weighted by atomic mass is 32.2. The second-order valence-corrected chi connectivity index (χ2v) is 5.40. The number of rotatable bonds is 6. The number of nitrogens with one attached hydrogen (secondary N) is 1. The van der Waals surface area contributed by atoms with Crippen LogP contribution in [0.25, 0.3) is 0 Å². The Balaban J connectivity index is 2.18. The highest BCUT2D eigenvalue weighted by molar-refractivity contribution is 7.98. The van der Waals surface area contributed by atoms with Gasteiger partial charge in [-0.3, -0.25) is 4.79 Å². The number of carbonyl (C=O) groups excluding carboxylic acids is 1. The van der Waals surface area contributed by atoms with Crippen molar-refractivity contribution in [3.05, 3.63) is 0 Å². The first-order chi connectivity index (χ1) is 7.65. The monoisotopic (exact) mass is 245 g/mol. The normalized spacial score (nSPS) is 23.3. The van der Waals surface area contributed by atoms with Crippen LogP contribution in [0.4, 0.5) is 0 Å². The van der Waals surface area contributed by atoms with Gasteiger partial charge in [0.1, 0.15) is 0 Å². The lowest BCUT2D eigenvalue weighted by Crippen LogP contribution is -2.45. The Bertz CT molecular complexity index is 225. The van der Waals surface area contributed by atoms with E-state index >= 15 is 0 Å². The van der Waals surface area contributed by atoms with Crippen molar-refractivity contribution < 1.29 is 4.79 Å². The molecule has 0 aliphatic carbocycles. The number of amides is 1. The number of likely N-dealkylation sites (N-methyl/N-ethyl adjacent to an activating group) is 1. The van der Waals surface area contributed by atoms with E-state index in [4.69, 9.17) is 5.73 Å². The Hall–Kier alpha value is -0.260. The van der Waals surface area contributed by atoms with Crippen LogP contribution in [0.2, 0.25) is 0 Å². The van der Waals surface area contributed by atoms with Crippen LogP contribution < -0.4 is 11.1 Å². The van der Waals surface area contributed by atoms with E-state index in [9.17, 15) is 4.79 Å². The summed E-state index contributed by atoms with van der Waals surface area (Å²) in [4.78, 5) is 13.9. The van der Waals surface area contributed by atoms with E-state index in [1.807, 2.05) is 6.26 Å². The molecule has 5 heteroatoms. The third kappa shape index (κ3) is 4.31. The third-order valence-electron chi connectivity index (χ3n) is 3.15. The largest absolute Gasteiger partial charge is 0.353 e. The van der Waals surface area contributed by atoms with E-state index in [1.54, 1.807) is 11.8 Å². The summed E-state index contributed by atoms with van der Waals surface area (Å²) in [6.07, 6.45) is 5.19. The van der Waals surface area contributed by atoms with Crippen LogP contribution in [0.3, 0.4) is 0 Å². The lowest BCUT2D eigenvalue weighted by atomic mass is 10.2. The molecule has 0 radical (unpaired) electrons. The minimum atomic E-state index is -0.348. The number of thioether (sulfide) groups is 1. The lowest BCUT2D eigenvalue weighted by Gasteiger charge is -2.20. The number of hydrogen-bond acceptors (Lipinski definition) is 4. The van der Waals surface area contributed by atoms with Gasteiger partial charge in [0.05, 0.1) is 6.04 Å². The van der Waals surface area contributed by atoms with E-state index in [2.05, 4.69) is 17.3 Å². The van der Waals surface area contributed by atoms with Crippen LogP contribution in [0.5, 0.6) is 0 Å². The van der Waals surface area contributed by atoms with Gasteiger partial charge in [-0.25, -0.2) is 0 Å². The van der Waals surface area contributed by atoms with Crippen LogP contribution in [0.15, 0.2) is 0 Å². The maximum absolute atomic E-state index is 11.6. The summed E-state index contributed by atoms with van der Waals surface area (Å²) < 4.78 is 0. The van der Waals surface area contributed by atoms with Crippen molar-refractivity contribution in [3.63, 3.8) is 0 Å². The van der Waals surface area contributed by atoms with E-state index in [1.165, 1.54) is 12.8 Å². The van der Waals surface area contributed by atoms with Crippen molar-refractivity contribution in [2.75, 3.05) is 32.1 Å². The van der Waals surface area contributed by atoms with E-state index in [0.717, 1.165) is 25.3 Å². The molecule has 1 amide bonds. The van der Waals surface area contributed by atoms with Crippen LogP contribution in [0.1, 0.15) is 19.3 Å². The summed E-state index contributed by atoms with van der Waals surface area (Å²) in [6, 6.07) is 0.149. The molecule has 0 bridgehead atoms. The number of likely N-dealkylation sites (tertiary alicyclic amines) is 1. The predicted molar refractivity (Wildman–Crippen MR) is 69.6 cm³/mol. The first kappa shape index (κ1) is 13.8. The molecule has 4 nitrogen and oxygen atoms in total. The van der Waals surface area contributed by atoms with Crippen molar-refractivity contribution in [1.82, 2.24) is 10.2 Å². The molecule has 0 aromatic carbocycles. The Morgan fingerprint density at radius 3 is 3.00 bits per heavy atom. The first-order valence-electron chi connectivity index (χ1n) is 5.87. The summed E-state index contributed by atoms with van der Waals surface area (Å²) in [5, 5.41) is 2.95. The molecule has 2 atom stereocenters. The number of nitrogens with two attached hydrogens (primary N) is 1. The SMILES string of the molecule is CSCC[C@@H](N)C(=O)NCC1CCCN1C. The van der Waals surface area contributed by atoms with Crippen molar-refractivity contribution in [1.29, 1.82) is 0 Å². The van der Waals surface area contributed by atoms with Crippen molar-refractivity contribution >= 4 is 17.7 Å². The fourth-order valence-electron chi connectivity index (χ4n) is 1.96. The molecule has 1 unspecified atom stereocenters. The zero-order valence-electron chi connectivity index (χ0n) is 10.2. The molecule has 1 saturated heterocycles. The molecule has 1 heterocycles. The van der Waals surface area contributed by atoms with Gasteiger partial charge in [-0.15, -0.1) is 0 Å². The summed E-state index contributed by atoms with van der Waals surface area (Å²) in [6.45, 7) is 1.88. The van der Waals surface area contributed by atoms with Gasteiger partial charge in [-0.2, -0.15) is 11.8 Å². The highest BCUT2D eigenvalue weighted by Crippen LogP contribution is 2.13. The molecule has 1 rings (SSSR count). The van der Waals surface area contributed by atoms with Gasteiger partial charge in [-0.05, 0) is 44.9 Å². The Morgan fingerprint density at radius 2 is 2.44 bits per heavy atom. The summed E-state index contributed by atoms with van der Waals surface area (Å²) in [7, 11) is 2.11. The lowest BCUT2D eigenvalue weighted by molar-refractivity contribution is -0.122. The van der Waals surface area contributed by atoms with Crippen molar-refractivity contribution in [3.8, 4) is 0 Å². The minimum Gasteiger partial charge on any atom is -0.353 e. The Labute approximate surface area is 102 Å². The fourth-order valence-corrected chi connectivity index (χ4v) is 2.45. The minimum absolute atomic E-state index is 0.00523. The summed E-state index contributed by atoms with van der Waals surface area (Å²) >= 11 is 1.72. The van der Waals surface area contributed by atoms with Crippen molar-refractivity contribution in [2.24, 2.45) is 5.73 Å². The maximum atomic E-state index is 11.6. The standard InChI is InChI=1S/C11H23N3OS/c1-14-6-3-4-9(14)8-13-11(15)10(12)5-7-16-2/h9-10H,3-8,12H2,1-2H3,(H,13,15)/t9?,10-/m1/s1. The maximum Gasteiger partial charge on any atom is 0.237 e. The molecule has 16 heavy (non-hydrogen) atoms. The Kier molecular flexibility index (Phi) is 6.16. The topological polar surface area (TPSA) is 58.4 Å². The zero-order valence-corrected chi connectivity index (χ0v) is 11.1. The third-order valence-corrected chi connectivity index (χ3v) is 3.80. The number of hydrogen-bond donors (Lipinski definition) is 2. The van der Waals surface area contributed by atoms with Crippen LogP contribution in [-0.4, -0.2) is 55.0 Å². The first-order valence-corrected chi connectivity index (χ1v) is 7.27. The molecule has 3 N–H and O–H groups in total. The van der Waals surface area contributed by atoms with Gasteiger partial charge in [-0.1, -0.05) is 0 Å². The van der Waals surface area contributed by atoms with Gasteiger partial charge in [0.15, 0.2) is 0 Å².